The standard InChI is InChI=1S/ClH3Si.2GeH4/c1-2;;/h2H3;2*1H4. The Morgan fingerprint density at radius 3 is 1.00 bits per heavy atom. The second-order valence-corrected chi connectivity index (χ2v) is 0. The van der Waals surface area contributed by atoms with Crippen LogP contribution in [0.1, 0.15) is 0 Å². The molecule has 0 nitrogen and oxygen atoms in total. The number of hydrogen-bond donors (Lipinski definition) is 0. The van der Waals surface area contributed by atoms with Crippen LogP contribution in [0.15, 0.2) is 0 Å². The monoisotopic (exact) mass is 222 g/mol. The van der Waals surface area contributed by atoms with Crippen molar-refractivity contribution < 1.29 is 0 Å². The first kappa shape index (κ1) is 17.5. The smallest absolute Gasteiger partial charge is 0.109 e. The molecule has 0 aliphatic rings. The van der Waals surface area contributed by atoms with Crippen LogP contribution in [-0.4, -0.2) is 44.7 Å². The van der Waals surface area contributed by atoms with Crippen LogP contribution in [0.4, 0.5) is 0 Å². The van der Waals surface area contributed by atoms with Gasteiger partial charge in [0.05, 0.1) is 0 Å². The number of hydrogen-bond acceptors (Lipinski definition) is 0. The van der Waals surface area contributed by atoms with Gasteiger partial charge in [0.25, 0.3) is 0 Å². The zero-order valence-electron chi connectivity index (χ0n) is 1.38. The van der Waals surface area contributed by atoms with Gasteiger partial charge >= 0.3 is 35.2 Å². The van der Waals surface area contributed by atoms with E-state index in [1.165, 1.54) is 0 Å². The van der Waals surface area contributed by atoms with Crippen LogP contribution in [0.3, 0.4) is 0 Å². The Hall–Kier alpha value is 1.59. The van der Waals surface area contributed by atoms with Gasteiger partial charge in [-0.25, -0.2) is 0 Å². The van der Waals surface area contributed by atoms with Crippen LogP contribution in [0.25, 0.3) is 0 Å². The van der Waals surface area contributed by atoms with Crippen LogP contribution in [-0.2, 0) is 0 Å². The Balaban J connectivity index is -0.00000000500. The maximum absolute atomic E-state index is 4.78. The average molecular weight is 220 g/mol. The van der Waals surface area contributed by atoms with Crippen molar-refractivity contribution in [2.75, 3.05) is 0 Å². The molecule has 30 valence electrons. The molecule has 0 N–H and O–H groups in total. The summed E-state index contributed by atoms with van der Waals surface area (Å²) >= 11 is 4.78. The molecule has 0 atom stereocenters. The van der Waals surface area contributed by atoms with Gasteiger partial charge in [0.15, 0.2) is 0 Å². The van der Waals surface area contributed by atoms with Gasteiger partial charge in [-0.2, -0.15) is 11.1 Å². The van der Waals surface area contributed by atoms with E-state index < -0.39 is 0 Å². The van der Waals surface area contributed by atoms with Gasteiger partial charge in [-0.05, 0) is 0 Å². The quantitative estimate of drug-likeness (QED) is 0.295. The Kier molecular flexibility index (Phi) is 103. The summed E-state index contributed by atoms with van der Waals surface area (Å²) < 4.78 is 0. The summed E-state index contributed by atoms with van der Waals surface area (Å²) in [5.41, 5.74) is 0. The van der Waals surface area contributed by atoms with Gasteiger partial charge in [0.2, 0.25) is 0 Å². The van der Waals surface area contributed by atoms with Crippen LogP contribution in [0.5, 0.6) is 0 Å². The second-order valence-electron chi connectivity index (χ2n) is 0. The third kappa shape index (κ3) is 9.52. The molecule has 0 bridgehead atoms. The van der Waals surface area contributed by atoms with E-state index in [0.29, 0.717) is 0 Å². The molecule has 0 unspecified atom stereocenters. The van der Waals surface area contributed by atoms with Gasteiger partial charge in [0.1, 0.15) is 9.55 Å². The van der Waals surface area contributed by atoms with E-state index in [1.54, 1.807) is 0 Å². The molecule has 4 heavy (non-hydrogen) atoms. The molecule has 0 spiro atoms. The average Bonchev–Trinajstić information content (AvgIpc) is 1.00. The topological polar surface area (TPSA) is 0 Å². The Bertz CT molecular complexity index is 6.00. The molecule has 0 rings (SSSR count). The normalized spacial score (nSPS) is 2.25. The first-order chi connectivity index (χ1) is 1.00. The molecule has 0 aliphatic heterocycles. The molecule has 0 radical (unpaired) electrons. The molecule has 0 amide bonds. The van der Waals surface area contributed by atoms with Crippen molar-refractivity contribution in [3.8, 4) is 0 Å². The SMILES string of the molecule is [GeH4].[GeH4].[SiH3]Cl. The van der Waals surface area contributed by atoms with Gasteiger partial charge in [-0.3, -0.25) is 0 Å². The maximum atomic E-state index is 4.78. The van der Waals surface area contributed by atoms with Gasteiger partial charge in [0, 0.05) is 0 Å². The summed E-state index contributed by atoms with van der Waals surface area (Å²) in [7, 11) is 0.778. The van der Waals surface area contributed by atoms with E-state index >= 15 is 0 Å². The van der Waals surface area contributed by atoms with E-state index in [4.69, 9.17) is 11.1 Å². The van der Waals surface area contributed by atoms with Crippen molar-refractivity contribution in [1.82, 2.24) is 0 Å². The first-order valence-corrected chi connectivity index (χ1v) is 3.40. The molecular formula is H11ClGe2Si. The maximum Gasteiger partial charge on any atom is 0.109 e. The molecule has 0 aromatic carbocycles. The van der Waals surface area contributed by atoms with Crippen LogP contribution < -0.4 is 0 Å². The summed E-state index contributed by atoms with van der Waals surface area (Å²) in [6.07, 6.45) is 0. The van der Waals surface area contributed by atoms with Crippen molar-refractivity contribution in [3.63, 3.8) is 0 Å². The predicted octanol–water partition coefficient (Wildman–Crippen LogP) is -3.40. The van der Waals surface area contributed by atoms with E-state index in [9.17, 15) is 0 Å². The van der Waals surface area contributed by atoms with E-state index in [2.05, 4.69) is 0 Å². The summed E-state index contributed by atoms with van der Waals surface area (Å²) in [6.45, 7) is 0. The fourth-order valence-corrected chi connectivity index (χ4v) is 0. The van der Waals surface area contributed by atoms with Crippen LogP contribution in [0.2, 0.25) is 0 Å². The molecule has 0 saturated carbocycles. The third-order valence-corrected chi connectivity index (χ3v) is 0. The Morgan fingerprint density at radius 2 is 1.00 bits per heavy atom. The van der Waals surface area contributed by atoms with Gasteiger partial charge in [-0.15, -0.1) is 0 Å². The van der Waals surface area contributed by atoms with Crippen LogP contribution >= 0.6 is 11.1 Å². The minimum absolute atomic E-state index is 0. The zero-order chi connectivity index (χ0) is 2.00. The molecule has 0 aliphatic carbocycles. The van der Waals surface area contributed by atoms with Crippen molar-refractivity contribution in [1.29, 1.82) is 0 Å². The molecule has 0 aromatic heterocycles. The van der Waals surface area contributed by atoms with Gasteiger partial charge < -0.3 is 0 Å². The Morgan fingerprint density at radius 1 is 1.00 bits per heavy atom. The van der Waals surface area contributed by atoms with E-state index in [0.717, 1.165) is 9.55 Å². The molecule has 4 heteroatoms. The fourth-order valence-electron chi connectivity index (χ4n) is 0. The molecule has 0 heterocycles. The summed E-state index contributed by atoms with van der Waals surface area (Å²) in [4.78, 5) is 0. The van der Waals surface area contributed by atoms with Crippen molar-refractivity contribution >= 4 is 55.8 Å². The van der Waals surface area contributed by atoms with E-state index in [1.807, 2.05) is 0 Å². The van der Waals surface area contributed by atoms with Crippen molar-refractivity contribution in [2.45, 2.75) is 0 Å². The minimum Gasteiger partial charge on any atom is -0.181 e. The van der Waals surface area contributed by atoms with Crippen molar-refractivity contribution in [3.05, 3.63) is 0 Å². The summed E-state index contributed by atoms with van der Waals surface area (Å²) in [6, 6.07) is 0. The predicted molar refractivity (Wildman–Crippen MR) is 38.5 cm³/mol. The van der Waals surface area contributed by atoms with Crippen molar-refractivity contribution in [2.24, 2.45) is 0 Å². The third-order valence-electron chi connectivity index (χ3n) is 0. The van der Waals surface area contributed by atoms with Crippen LogP contribution in [0, 0.1) is 0 Å². The number of halogens is 1. The molecular weight excluding hydrogens is 209 g/mol. The Labute approximate surface area is 55.7 Å². The van der Waals surface area contributed by atoms with Gasteiger partial charge in [-0.1, -0.05) is 0 Å². The molecule has 0 saturated heterocycles. The fraction of sp³-hybridized carbons (Fsp3) is 0. The first-order valence-electron chi connectivity index (χ1n) is 0.378. The zero-order valence-corrected chi connectivity index (χ0v) is 4.13. The summed E-state index contributed by atoms with van der Waals surface area (Å²) in [5.74, 6) is 0. The summed E-state index contributed by atoms with van der Waals surface area (Å²) in [5, 5.41) is 0. The van der Waals surface area contributed by atoms with E-state index in [-0.39, 0.29) is 35.2 Å². The molecule has 0 fully saturated rings. The largest absolute Gasteiger partial charge is 0.181 e. The molecule has 0 aromatic rings. The number of rotatable bonds is 0. The minimum atomic E-state index is 0. The second kappa shape index (κ2) is 23.4.